The van der Waals surface area contributed by atoms with E-state index in [0.29, 0.717) is 5.41 Å². The van der Waals surface area contributed by atoms with Crippen molar-refractivity contribution >= 4 is 5.71 Å². The van der Waals surface area contributed by atoms with E-state index in [1.165, 1.54) is 38.5 Å². The molecule has 0 aromatic carbocycles. The van der Waals surface area contributed by atoms with Gasteiger partial charge in [0.25, 0.3) is 0 Å². The van der Waals surface area contributed by atoms with E-state index in [2.05, 4.69) is 19.0 Å². The average Bonchev–Trinajstić information content (AvgIpc) is 2.84. The SMILES string of the molecule is C[C@]12CC[C@H](O)C[C@@H]1CC[C@H]1[C@H]3CC/C(=N\O)[C@@]3(C)CC[C@@H]12. The van der Waals surface area contributed by atoms with Crippen LogP contribution >= 0.6 is 0 Å². The zero-order chi connectivity index (χ0) is 15.5. The third kappa shape index (κ3) is 1.87. The normalized spacial score (nSPS) is 56.3. The molecule has 4 saturated carbocycles. The third-order valence-corrected chi connectivity index (χ3v) is 8.50. The van der Waals surface area contributed by atoms with E-state index in [-0.39, 0.29) is 11.5 Å². The number of hydrogen-bond acceptors (Lipinski definition) is 3. The van der Waals surface area contributed by atoms with Crippen molar-refractivity contribution in [2.45, 2.75) is 77.7 Å². The van der Waals surface area contributed by atoms with Crippen LogP contribution in [0.15, 0.2) is 5.16 Å². The summed E-state index contributed by atoms with van der Waals surface area (Å²) in [7, 11) is 0. The van der Waals surface area contributed by atoms with E-state index in [0.717, 1.165) is 48.6 Å². The van der Waals surface area contributed by atoms with Gasteiger partial charge >= 0.3 is 0 Å². The highest BCUT2D eigenvalue weighted by atomic mass is 16.4. The van der Waals surface area contributed by atoms with Gasteiger partial charge in [0.15, 0.2) is 0 Å². The molecule has 124 valence electrons. The van der Waals surface area contributed by atoms with E-state index >= 15 is 0 Å². The van der Waals surface area contributed by atoms with Crippen LogP contribution in [0.25, 0.3) is 0 Å². The molecule has 0 aromatic rings. The minimum absolute atomic E-state index is 0.0527. The van der Waals surface area contributed by atoms with Gasteiger partial charge in [0.1, 0.15) is 0 Å². The van der Waals surface area contributed by atoms with Crippen molar-refractivity contribution in [3.63, 3.8) is 0 Å². The van der Waals surface area contributed by atoms with Crippen molar-refractivity contribution in [3.8, 4) is 0 Å². The molecule has 4 rings (SSSR count). The van der Waals surface area contributed by atoms with E-state index in [9.17, 15) is 10.3 Å². The second kappa shape index (κ2) is 4.96. The Morgan fingerprint density at radius 3 is 2.59 bits per heavy atom. The predicted molar refractivity (Wildman–Crippen MR) is 87.0 cm³/mol. The Kier molecular flexibility index (Phi) is 3.38. The summed E-state index contributed by atoms with van der Waals surface area (Å²) in [5.41, 5.74) is 1.68. The van der Waals surface area contributed by atoms with Crippen molar-refractivity contribution < 1.29 is 10.3 Å². The van der Waals surface area contributed by atoms with Crippen LogP contribution < -0.4 is 0 Å². The smallest absolute Gasteiger partial charge is 0.0632 e. The van der Waals surface area contributed by atoms with Gasteiger partial charge in [-0.3, -0.25) is 0 Å². The first-order valence-electron chi connectivity index (χ1n) is 9.38. The number of aliphatic hydroxyl groups is 1. The van der Waals surface area contributed by atoms with Crippen molar-refractivity contribution in [1.29, 1.82) is 0 Å². The zero-order valence-corrected chi connectivity index (χ0v) is 14.1. The Labute approximate surface area is 134 Å². The summed E-state index contributed by atoms with van der Waals surface area (Å²) in [5.74, 6) is 3.10. The molecule has 0 saturated heterocycles. The number of aliphatic hydroxyl groups excluding tert-OH is 1. The molecule has 22 heavy (non-hydrogen) atoms. The van der Waals surface area contributed by atoms with Crippen LogP contribution in [-0.4, -0.2) is 22.1 Å². The van der Waals surface area contributed by atoms with Gasteiger partial charge in [-0.1, -0.05) is 19.0 Å². The summed E-state index contributed by atoms with van der Waals surface area (Å²) in [4.78, 5) is 0. The minimum atomic E-state index is -0.0527. The summed E-state index contributed by atoms with van der Waals surface area (Å²) in [6, 6.07) is 0. The number of nitrogens with zero attached hydrogens (tertiary/aromatic N) is 1. The molecule has 0 aliphatic heterocycles. The van der Waals surface area contributed by atoms with Gasteiger partial charge in [-0.2, -0.15) is 0 Å². The second-order valence-corrected chi connectivity index (χ2v) is 9.13. The van der Waals surface area contributed by atoms with E-state index in [4.69, 9.17) is 0 Å². The quantitative estimate of drug-likeness (QED) is 0.520. The fourth-order valence-corrected chi connectivity index (χ4v) is 7.19. The summed E-state index contributed by atoms with van der Waals surface area (Å²) in [5, 5.41) is 23.1. The first-order chi connectivity index (χ1) is 10.5. The number of fused-ring (bicyclic) bond motifs is 5. The van der Waals surface area contributed by atoms with Crippen LogP contribution in [0.4, 0.5) is 0 Å². The molecular weight excluding hydrogens is 274 g/mol. The maximum Gasteiger partial charge on any atom is 0.0632 e. The largest absolute Gasteiger partial charge is 0.411 e. The van der Waals surface area contributed by atoms with Gasteiger partial charge in [0, 0.05) is 5.41 Å². The molecule has 0 aromatic heterocycles. The Hall–Kier alpha value is -0.570. The summed E-state index contributed by atoms with van der Waals surface area (Å²) >= 11 is 0. The number of hydrogen-bond donors (Lipinski definition) is 2. The molecule has 0 spiro atoms. The lowest BCUT2D eigenvalue weighted by Gasteiger charge is -2.60. The fourth-order valence-electron chi connectivity index (χ4n) is 7.19. The highest BCUT2D eigenvalue weighted by Crippen LogP contribution is 2.65. The molecule has 0 bridgehead atoms. The van der Waals surface area contributed by atoms with Gasteiger partial charge in [0.05, 0.1) is 11.8 Å². The van der Waals surface area contributed by atoms with Gasteiger partial charge in [-0.05, 0) is 86.9 Å². The first kappa shape index (κ1) is 15.0. The van der Waals surface area contributed by atoms with Crippen LogP contribution in [0.1, 0.15) is 71.6 Å². The summed E-state index contributed by atoms with van der Waals surface area (Å²) in [6.45, 7) is 4.88. The van der Waals surface area contributed by atoms with E-state index in [1.54, 1.807) is 0 Å². The molecule has 4 aliphatic rings. The van der Waals surface area contributed by atoms with Crippen molar-refractivity contribution in [1.82, 2.24) is 0 Å². The monoisotopic (exact) mass is 305 g/mol. The molecule has 0 amide bonds. The van der Waals surface area contributed by atoms with Crippen LogP contribution in [0.2, 0.25) is 0 Å². The zero-order valence-electron chi connectivity index (χ0n) is 14.1. The highest BCUT2D eigenvalue weighted by Gasteiger charge is 2.59. The van der Waals surface area contributed by atoms with Crippen molar-refractivity contribution in [2.24, 2.45) is 39.7 Å². The molecule has 4 aliphatic carbocycles. The lowest BCUT2D eigenvalue weighted by molar-refractivity contribution is -0.114. The van der Waals surface area contributed by atoms with Gasteiger partial charge in [0.2, 0.25) is 0 Å². The number of oxime groups is 1. The van der Waals surface area contributed by atoms with Gasteiger partial charge < -0.3 is 10.3 Å². The van der Waals surface area contributed by atoms with Crippen LogP contribution in [0.3, 0.4) is 0 Å². The second-order valence-electron chi connectivity index (χ2n) is 9.13. The Balaban J connectivity index is 1.63. The summed E-state index contributed by atoms with van der Waals surface area (Å²) < 4.78 is 0. The Morgan fingerprint density at radius 2 is 1.82 bits per heavy atom. The summed E-state index contributed by atoms with van der Waals surface area (Å²) in [6.07, 6.45) is 10.5. The molecule has 0 unspecified atom stereocenters. The minimum Gasteiger partial charge on any atom is -0.411 e. The van der Waals surface area contributed by atoms with Crippen LogP contribution in [0.5, 0.6) is 0 Å². The topological polar surface area (TPSA) is 52.8 Å². The third-order valence-electron chi connectivity index (χ3n) is 8.50. The molecule has 7 atom stereocenters. The lowest BCUT2D eigenvalue weighted by Crippen LogP contribution is -2.54. The Bertz CT molecular complexity index is 490. The molecule has 2 N–H and O–H groups in total. The lowest BCUT2D eigenvalue weighted by atomic mass is 9.45. The molecule has 3 heteroatoms. The van der Waals surface area contributed by atoms with E-state index < -0.39 is 0 Å². The maximum atomic E-state index is 10.1. The Morgan fingerprint density at radius 1 is 1.00 bits per heavy atom. The maximum absolute atomic E-state index is 10.1. The van der Waals surface area contributed by atoms with Crippen LogP contribution in [-0.2, 0) is 0 Å². The van der Waals surface area contributed by atoms with Crippen molar-refractivity contribution in [3.05, 3.63) is 0 Å². The molecule has 0 heterocycles. The molecule has 0 radical (unpaired) electrons. The molecule has 3 nitrogen and oxygen atoms in total. The number of rotatable bonds is 0. The average molecular weight is 305 g/mol. The molecular formula is C19H31NO2. The van der Waals surface area contributed by atoms with Crippen molar-refractivity contribution in [2.75, 3.05) is 0 Å². The van der Waals surface area contributed by atoms with E-state index in [1.807, 2.05) is 0 Å². The standard InChI is InChI=1S/C19H31NO2/c1-18-9-7-13(21)11-12(18)3-4-14-15-5-6-17(20-22)19(15,2)10-8-16(14)18/h12-16,21-22H,3-11H2,1-2H3/b20-17+/t12-,13-,14-,15+,16-,18-,19-/m0/s1. The molecule has 4 fully saturated rings. The first-order valence-corrected chi connectivity index (χ1v) is 9.38. The highest BCUT2D eigenvalue weighted by molar-refractivity contribution is 5.91. The predicted octanol–water partition coefficient (Wildman–Crippen LogP) is 4.22. The van der Waals surface area contributed by atoms with Gasteiger partial charge in [-0.15, -0.1) is 0 Å². The fraction of sp³-hybridized carbons (Fsp3) is 0.947. The van der Waals surface area contributed by atoms with Gasteiger partial charge in [-0.25, -0.2) is 0 Å². The van der Waals surface area contributed by atoms with Crippen LogP contribution in [0, 0.1) is 34.5 Å².